The van der Waals surface area contributed by atoms with Crippen molar-refractivity contribution in [3.05, 3.63) is 82.5 Å². The molecule has 0 bridgehead atoms. The Morgan fingerprint density at radius 1 is 1.05 bits per heavy atom. The number of piperidine rings is 1. The van der Waals surface area contributed by atoms with Crippen molar-refractivity contribution in [2.45, 2.75) is 31.9 Å². The average molecular weight is 525 g/mol. The van der Waals surface area contributed by atoms with Crippen LogP contribution in [0.25, 0.3) is 11.0 Å². The van der Waals surface area contributed by atoms with E-state index in [0.29, 0.717) is 28.1 Å². The first-order valence-electron chi connectivity index (χ1n) is 12.5. The number of imidazole rings is 1. The molecule has 9 heteroatoms. The second-order valence-corrected chi connectivity index (χ2v) is 9.69. The zero-order valence-corrected chi connectivity index (χ0v) is 21.5. The van der Waals surface area contributed by atoms with Crippen LogP contribution in [-0.4, -0.2) is 50.8 Å². The molecule has 1 fully saturated rings. The Balaban J connectivity index is 1.19. The lowest BCUT2D eigenvalue weighted by Crippen LogP contribution is -2.33. The lowest BCUT2D eigenvalue weighted by molar-refractivity contribution is 0.196. The van der Waals surface area contributed by atoms with Gasteiger partial charge in [0.2, 0.25) is 5.88 Å². The highest BCUT2D eigenvalue weighted by molar-refractivity contribution is 6.30. The summed E-state index contributed by atoms with van der Waals surface area (Å²) in [5.74, 6) is 2.13. The third-order valence-corrected chi connectivity index (χ3v) is 7.06. The number of hydrogen-bond acceptors (Lipinski definition) is 6. The first-order chi connectivity index (χ1) is 18.0. The summed E-state index contributed by atoms with van der Waals surface area (Å²) in [5.41, 5.74) is 3.28. The number of aryl methyl sites for hydroxylation is 1. The zero-order chi connectivity index (χ0) is 25.8. The molecule has 1 aliphatic rings. The lowest BCUT2D eigenvalue weighted by Gasteiger charge is -2.31. The molecule has 0 radical (unpaired) electrons. The maximum absolute atomic E-state index is 14.1. The molecule has 194 valence electrons. The summed E-state index contributed by atoms with van der Waals surface area (Å²) in [6, 6.07) is 16.2. The van der Waals surface area contributed by atoms with Crippen molar-refractivity contribution in [2.75, 3.05) is 26.3 Å². The Morgan fingerprint density at radius 3 is 2.65 bits per heavy atom. The van der Waals surface area contributed by atoms with Gasteiger partial charge >= 0.3 is 0 Å². The van der Waals surface area contributed by atoms with E-state index in [0.717, 1.165) is 55.0 Å². The van der Waals surface area contributed by atoms with Crippen LogP contribution in [0.5, 0.6) is 11.6 Å². The van der Waals surface area contributed by atoms with Crippen molar-refractivity contribution in [1.29, 1.82) is 0 Å². The Bertz CT molecular complexity index is 1370. The normalized spacial score (nSPS) is 14.8. The number of benzene rings is 2. The summed E-state index contributed by atoms with van der Waals surface area (Å²) >= 11 is 5.83. The first-order valence-corrected chi connectivity index (χ1v) is 12.8. The summed E-state index contributed by atoms with van der Waals surface area (Å²) in [5, 5.41) is 9.46. The molecular weight excluding hydrogens is 495 g/mol. The highest BCUT2D eigenvalue weighted by Crippen LogP contribution is 2.30. The summed E-state index contributed by atoms with van der Waals surface area (Å²) in [7, 11) is 2.03. The number of ether oxygens (including phenoxy) is 2. The number of nitrogens with zero attached hydrogens (tertiary/aromatic N) is 4. The van der Waals surface area contributed by atoms with Gasteiger partial charge in [0.1, 0.15) is 36.1 Å². The molecule has 1 saturated heterocycles. The van der Waals surface area contributed by atoms with Gasteiger partial charge in [-0.2, -0.15) is 0 Å². The molecule has 1 aliphatic heterocycles. The number of hydrogen-bond donors (Lipinski definition) is 1. The molecule has 0 amide bonds. The van der Waals surface area contributed by atoms with Crippen molar-refractivity contribution >= 4 is 22.6 Å². The van der Waals surface area contributed by atoms with E-state index >= 15 is 0 Å². The predicted molar refractivity (Wildman–Crippen MR) is 141 cm³/mol. The molecule has 2 aromatic heterocycles. The zero-order valence-electron chi connectivity index (χ0n) is 20.7. The molecule has 2 aromatic carbocycles. The van der Waals surface area contributed by atoms with E-state index in [9.17, 15) is 4.39 Å². The Labute approximate surface area is 220 Å². The van der Waals surface area contributed by atoms with E-state index in [1.807, 2.05) is 37.4 Å². The highest BCUT2D eigenvalue weighted by Gasteiger charge is 2.24. The topological polar surface area (TPSA) is 72.6 Å². The molecule has 4 aromatic rings. The monoisotopic (exact) mass is 524 g/mol. The molecular formula is C28H30ClFN4O3. The lowest BCUT2D eigenvalue weighted by atomic mass is 9.93. The summed E-state index contributed by atoms with van der Waals surface area (Å²) in [4.78, 5) is 12.0. The fourth-order valence-corrected chi connectivity index (χ4v) is 4.92. The van der Waals surface area contributed by atoms with Crippen LogP contribution in [0, 0.1) is 5.82 Å². The number of aliphatic hydroxyl groups excluding tert-OH is 1. The smallest absolute Gasteiger partial charge is 0.213 e. The van der Waals surface area contributed by atoms with Crippen molar-refractivity contribution in [2.24, 2.45) is 7.05 Å². The van der Waals surface area contributed by atoms with Gasteiger partial charge < -0.3 is 19.1 Å². The van der Waals surface area contributed by atoms with Crippen LogP contribution in [0.3, 0.4) is 0 Å². The fraction of sp³-hybridized carbons (Fsp3) is 0.357. The number of aromatic nitrogens is 3. The van der Waals surface area contributed by atoms with E-state index < -0.39 is 0 Å². The van der Waals surface area contributed by atoms with Gasteiger partial charge in [-0.25, -0.2) is 14.4 Å². The molecule has 0 aliphatic carbocycles. The van der Waals surface area contributed by atoms with Crippen LogP contribution in [0.15, 0.2) is 54.6 Å². The minimum Gasteiger partial charge on any atom is -0.489 e. The van der Waals surface area contributed by atoms with Gasteiger partial charge in [-0.3, -0.25) is 4.90 Å². The number of halogens is 2. The van der Waals surface area contributed by atoms with E-state index in [2.05, 4.69) is 9.47 Å². The average Bonchev–Trinajstić information content (AvgIpc) is 3.23. The van der Waals surface area contributed by atoms with Crippen LogP contribution >= 0.6 is 11.6 Å². The summed E-state index contributed by atoms with van der Waals surface area (Å²) in [6.45, 7) is 2.94. The van der Waals surface area contributed by atoms with E-state index in [1.165, 1.54) is 6.07 Å². The van der Waals surface area contributed by atoms with Gasteiger partial charge in [0, 0.05) is 35.3 Å². The maximum atomic E-state index is 14.1. The van der Waals surface area contributed by atoms with E-state index in [1.54, 1.807) is 18.2 Å². The number of fused-ring (bicyclic) bond motifs is 1. The molecule has 0 spiro atoms. The largest absolute Gasteiger partial charge is 0.489 e. The van der Waals surface area contributed by atoms with Crippen LogP contribution in [0.2, 0.25) is 5.02 Å². The molecule has 7 nitrogen and oxygen atoms in total. The van der Waals surface area contributed by atoms with Gasteiger partial charge in [0.05, 0.1) is 18.7 Å². The van der Waals surface area contributed by atoms with Crippen LogP contribution in [0.4, 0.5) is 4.39 Å². The molecule has 0 atom stereocenters. The Kier molecular flexibility index (Phi) is 7.88. The second-order valence-electron chi connectivity index (χ2n) is 9.26. The molecule has 0 saturated carbocycles. The highest BCUT2D eigenvalue weighted by atomic mass is 35.5. The number of likely N-dealkylation sites (tertiary alicyclic amines) is 1. The number of pyridine rings is 1. The van der Waals surface area contributed by atoms with E-state index in [4.69, 9.17) is 36.1 Å². The molecule has 1 N–H and O–H groups in total. The standard InChI is InChI=1S/C28H30ClFN4O3/c1-33-24-5-3-6-25(36-15-14-35)28(24)32-26(33)17-34-12-10-19(11-13-34)23-4-2-7-27(31-23)37-18-20-8-9-21(29)16-22(20)30/h2-9,16,19,35H,10-15,17-18H2,1H3. The van der Waals surface area contributed by atoms with Gasteiger partial charge in [-0.1, -0.05) is 29.8 Å². The number of para-hydroxylation sites is 1. The predicted octanol–water partition coefficient (Wildman–Crippen LogP) is 5.09. The third-order valence-electron chi connectivity index (χ3n) is 6.82. The summed E-state index contributed by atoms with van der Waals surface area (Å²) < 4.78 is 27.6. The van der Waals surface area contributed by atoms with Crippen LogP contribution in [0.1, 0.15) is 35.8 Å². The first kappa shape index (κ1) is 25.4. The number of aliphatic hydroxyl groups is 1. The van der Waals surface area contributed by atoms with Crippen molar-refractivity contribution in [3.63, 3.8) is 0 Å². The van der Waals surface area contributed by atoms with Crippen molar-refractivity contribution in [3.8, 4) is 11.6 Å². The fourth-order valence-electron chi connectivity index (χ4n) is 4.77. The van der Waals surface area contributed by atoms with Gasteiger partial charge in [0.15, 0.2) is 0 Å². The number of rotatable bonds is 9. The minimum atomic E-state index is -0.384. The molecule has 37 heavy (non-hydrogen) atoms. The summed E-state index contributed by atoms with van der Waals surface area (Å²) in [6.07, 6.45) is 1.97. The van der Waals surface area contributed by atoms with Gasteiger partial charge in [0.25, 0.3) is 0 Å². The minimum absolute atomic E-state index is 0.0319. The van der Waals surface area contributed by atoms with Gasteiger partial charge in [-0.15, -0.1) is 0 Å². The Morgan fingerprint density at radius 2 is 1.86 bits per heavy atom. The SMILES string of the molecule is Cn1c(CN2CCC(c3cccc(OCc4ccc(Cl)cc4F)n3)CC2)nc2c(OCCO)cccc21. The van der Waals surface area contributed by atoms with E-state index in [-0.39, 0.29) is 25.6 Å². The quantitative estimate of drug-likeness (QED) is 0.329. The molecule has 5 rings (SSSR count). The van der Waals surface area contributed by atoms with Crippen molar-refractivity contribution < 1.29 is 19.0 Å². The third kappa shape index (κ3) is 5.87. The Hall–Kier alpha value is -3.20. The van der Waals surface area contributed by atoms with Gasteiger partial charge in [-0.05, 0) is 56.3 Å². The molecule has 0 unspecified atom stereocenters. The van der Waals surface area contributed by atoms with Crippen molar-refractivity contribution in [1.82, 2.24) is 19.4 Å². The maximum Gasteiger partial charge on any atom is 0.213 e. The van der Waals surface area contributed by atoms with Crippen LogP contribution < -0.4 is 9.47 Å². The molecule has 3 heterocycles. The van der Waals surface area contributed by atoms with Crippen LogP contribution in [-0.2, 0) is 20.2 Å². The second kappa shape index (κ2) is 11.5.